The average molecular weight is 427 g/mol. The fourth-order valence-electron chi connectivity index (χ4n) is 2.44. The molecule has 2 amide bonds. The van der Waals surface area contributed by atoms with E-state index >= 15 is 0 Å². The fourth-order valence-corrected chi connectivity index (χ4v) is 3.38. The first kappa shape index (κ1) is 20.8. The lowest BCUT2D eigenvalue weighted by atomic mass is 10.3. The van der Waals surface area contributed by atoms with E-state index in [0.29, 0.717) is 22.1 Å². The molecule has 29 heavy (non-hydrogen) atoms. The Morgan fingerprint density at radius 3 is 2.28 bits per heavy atom. The van der Waals surface area contributed by atoms with Gasteiger partial charge < -0.3 is 15.4 Å². The summed E-state index contributed by atoms with van der Waals surface area (Å²) in [4.78, 5) is 25.1. The minimum atomic E-state index is -0.255. The third-order valence-electron chi connectivity index (χ3n) is 3.71. The number of benzene rings is 3. The lowest BCUT2D eigenvalue weighted by Crippen LogP contribution is -2.20. The fraction of sp³-hybridized carbons (Fsp3) is 0.0909. The van der Waals surface area contributed by atoms with Crippen LogP contribution in [-0.2, 0) is 9.59 Å². The Morgan fingerprint density at radius 2 is 1.52 bits per heavy atom. The molecule has 0 bridgehead atoms. The first-order chi connectivity index (χ1) is 14.1. The molecule has 3 aromatic rings. The predicted octanol–water partition coefficient (Wildman–Crippen LogP) is 5.09. The molecular formula is C22H19ClN2O3S. The molecule has 7 heteroatoms. The van der Waals surface area contributed by atoms with Gasteiger partial charge in [0.25, 0.3) is 5.91 Å². The first-order valence-electron chi connectivity index (χ1n) is 8.84. The standard InChI is InChI=1S/C22H19ClN2O3S/c23-16-6-4-7-17(12-16)25-22(27)15-29-20-11-5-8-18(13-20)24-21(26)14-28-19-9-2-1-3-10-19/h1-13H,14-15H2,(H,24,26)(H,25,27). The summed E-state index contributed by atoms with van der Waals surface area (Å²) < 4.78 is 5.43. The van der Waals surface area contributed by atoms with Gasteiger partial charge in [0.1, 0.15) is 5.75 Å². The van der Waals surface area contributed by atoms with Gasteiger partial charge in [-0.3, -0.25) is 9.59 Å². The second-order valence-corrected chi connectivity index (χ2v) is 7.51. The smallest absolute Gasteiger partial charge is 0.262 e. The Labute approximate surface area is 178 Å². The van der Waals surface area contributed by atoms with E-state index in [9.17, 15) is 9.59 Å². The van der Waals surface area contributed by atoms with E-state index in [2.05, 4.69) is 10.6 Å². The zero-order valence-corrected chi connectivity index (χ0v) is 17.0. The number of para-hydroxylation sites is 1. The molecule has 0 saturated carbocycles. The molecule has 0 atom stereocenters. The van der Waals surface area contributed by atoms with Crippen molar-refractivity contribution < 1.29 is 14.3 Å². The Morgan fingerprint density at radius 1 is 0.828 bits per heavy atom. The van der Waals surface area contributed by atoms with E-state index in [1.54, 1.807) is 42.5 Å². The number of anilines is 2. The largest absolute Gasteiger partial charge is 0.484 e. The van der Waals surface area contributed by atoms with Crippen molar-refractivity contribution in [1.82, 2.24) is 0 Å². The van der Waals surface area contributed by atoms with E-state index < -0.39 is 0 Å². The number of rotatable bonds is 8. The molecule has 0 saturated heterocycles. The Balaban J connectivity index is 1.47. The van der Waals surface area contributed by atoms with Gasteiger partial charge in [-0.25, -0.2) is 0 Å². The normalized spacial score (nSPS) is 10.2. The van der Waals surface area contributed by atoms with Crippen LogP contribution in [0.1, 0.15) is 0 Å². The van der Waals surface area contributed by atoms with Crippen LogP contribution < -0.4 is 15.4 Å². The van der Waals surface area contributed by atoms with Gasteiger partial charge in [-0.2, -0.15) is 0 Å². The van der Waals surface area contributed by atoms with Gasteiger partial charge in [0.15, 0.2) is 6.61 Å². The molecule has 148 valence electrons. The number of carbonyl (C=O) groups is 2. The number of amides is 2. The molecule has 2 N–H and O–H groups in total. The Hall–Kier alpha value is -2.96. The minimum absolute atomic E-state index is 0.0799. The van der Waals surface area contributed by atoms with Crippen molar-refractivity contribution in [2.75, 3.05) is 23.0 Å². The molecule has 0 aliphatic rings. The summed E-state index contributed by atoms with van der Waals surface area (Å²) in [6.45, 7) is -0.0799. The van der Waals surface area contributed by atoms with Crippen molar-refractivity contribution in [2.45, 2.75) is 4.90 Å². The molecule has 0 aliphatic heterocycles. The van der Waals surface area contributed by atoms with Gasteiger partial charge in [0, 0.05) is 21.3 Å². The summed E-state index contributed by atoms with van der Waals surface area (Å²) in [7, 11) is 0. The van der Waals surface area contributed by atoms with Crippen LogP contribution in [0.4, 0.5) is 11.4 Å². The topological polar surface area (TPSA) is 67.4 Å². The molecular weight excluding hydrogens is 408 g/mol. The molecule has 0 aliphatic carbocycles. The average Bonchev–Trinajstić information content (AvgIpc) is 2.72. The molecule has 0 unspecified atom stereocenters. The summed E-state index contributed by atoms with van der Waals surface area (Å²) in [5, 5.41) is 6.16. The minimum Gasteiger partial charge on any atom is -0.484 e. The zero-order chi connectivity index (χ0) is 20.5. The number of hydrogen-bond acceptors (Lipinski definition) is 4. The number of halogens is 1. The lowest BCUT2D eigenvalue weighted by Gasteiger charge is -2.09. The van der Waals surface area contributed by atoms with Crippen LogP contribution in [-0.4, -0.2) is 24.2 Å². The number of thioether (sulfide) groups is 1. The van der Waals surface area contributed by atoms with E-state index in [1.807, 2.05) is 36.4 Å². The highest BCUT2D eigenvalue weighted by atomic mass is 35.5. The van der Waals surface area contributed by atoms with Gasteiger partial charge in [0.2, 0.25) is 5.91 Å². The Bertz CT molecular complexity index is 983. The van der Waals surface area contributed by atoms with Crippen molar-refractivity contribution >= 4 is 46.6 Å². The molecule has 0 spiro atoms. The number of carbonyl (C=O) groups excluding carboxylic acids is 2. The van der Waals surface area contributed by atoms with Crippen LogP contribution in [0.3, 0.4) is 0 Å². The monoisotopic (exact) mass is 426 g/mol. The highest BCUT2D eigenvalue weighted by Gasteiger charge is 2.07. The van der Waals surface area contributed by atoms with Crippen LogP contribution in [0.5, 0.6) is 5.75 Å². The molecule has 3 rings (SSSR count). The lowest BCUT2D eigenvalue weighted by molar-refractivity contribution is -0.118. The molecule has 0 aromatic heterocycles. The second kappa shape index (κ2) is 10.5. The maximum Gasteiger partial charge on any atom is 0.262 e. The van der Waals surface area contributed by atoms with Crippen LogP contribution in [0.25, 0.3) is 0 Å². The van der Waals surface area contributed by atoms with Crippen LogP contribution >= 0.6 is 23.4 Å². The number of ether oxygens (including phenoxy) is 1. The van der Waals surface area contributed by atoms with Crippen molar-refractivity contribution in [2.24, 2.45) is 0 Å². The Kier molecular flexibility index (Phi) is 7.55. The van der Waals surface area contributed by atoms with Crippen molar-refractivity contribution in [3.63, 3.8) is 0 Å². The molecule has 5 nitrogen and oxygen atoms in total. The van der Waals surface area contributed by atoms with Gasteiger partial charge in [-0.05, 0) is 48.5 Å². The van der Waals surface area contributed by atoms with Gasteiger partial charge >= 0.3 is 0 Å². The van der Waals surface area contributed by atoms with Crippen LogP contribution in [0.15, 0.2) is 83.8 Å². The quantitative estimate of drug-likeness (QED) is 0.492. The zero-order valence-electron chi connectivity index (χ0n) is 15.4. The number of hydrogen-bond donors (Lipinski definition) is 2. The molecule has 0 radical (unpaired) electrons. The molecule has 0 heterocycles. The first-order valence-corrected chi connectivity index (χ1v) is 10.2. The number of nitrogens with one attached hydrogen (secondary N) is 2. The van der Waals surface area contributed by atoms with Crippen molar-refractivity contribution in [1.29, 1.82) is 0 Å². The van der Waals surface area contributed by atoms with E-state index in [4.69, 9.17) is 16.3 Å². The summed E-state index contributed by atoms with van der Waals surface area (Å²) >= 11 is 7.29. The van der Waals surface area contributed by atoms with Gasteiger partial charge in [-0.1, -0.05) is 41.9 Å². The van der Waals surface area contributed by atoms with E-state index in [1.165, 1.54) is 11.8 Å². The van der Waals surface area contributed by atoms with Crippen molar-refractivity contribution in [3.8, 4) is 5.75 Å². The van der Waals surface area contributed by atoms with Gasteiger partial charge in [0.05, 0.1) is 5.75 Å². The van der Waals surface area contributed by atoms with Crippen LogP contribution in [0, 0.1) is 0 Å². The highest BCUT2D eigenvalue weighted by molar-refractivity contribution is 8.00. The third kappa shape index (κ3) is 7.18. The van der Waals surface area contributed by atoms with Gasteiger partial charge in [-0.15, -0.1) is 11.8 Å². The molecule has 0 fully saturated rings. The summed E-state index contributed by atoms with van der Waals surface area (Å²) in [6, 6.07) is 23.5. The summed E-state index contributed by atoms with van der Waals surface area (Å²) in [5.41, 5.74) is 1.30. The maximum absolute atomic E-state index is 12.1. The third-order valence-corrected chi connectivity index (χ3v) is 4.94. The summed E-state index contributed by atoms with van der Waals surface area (Å²) in [5.74, 6) is 0.483. The SMILES string of the molecule is O=C(COc1ccccc1)Nc1cccc(SCC(=O)Nc2cccc(Cl)c2)c1. The second-order valence-electron chi connectivity index (χ2n) is 6.02. The van der Waals surface area contributed by atoms with E-state index in [0.717, 1.165) is 4.90 Å². The van der Waals surface area contributed by atoms with Crippen LogP contribution in [0.2, 0.25) is 5.02 Å². The highest BCUT2D eigenvalue weighted by Crippen LogP contribution is 2.22. The summed E-state index contributed by atoms with van der Waals surface area (Å²) in [6.07, 6.45) is 0. The predicted molar refractivity (Wildman–Crippen MR) is 118 cm³/mol. The van der Waals surface area contributed by atoms with Crippen molar-refractivity contribution in [3.05, 3.63) is 83.9 Å². The maximum atomic E-state index is 12.1. The molecule has 3 aromatic carbocycles. The van der Waals surface area contributed by atoms with E-state index in [-0.39, 0.29) is 24.2 Å².